The Morgan fingerprint density at radius 2 is 1.41 bits per heavy atom. The molecule has 8 nitrogen and oxygen atoms in total. The molecule has 1 aliphatic rings. The molecule has 0 aromatic heterocycles. The topological polar surface area (TPSA) is 104 Å². The van der Waals surface area contributed by atoms with Crippen LogP contribution in [0.15, 0.2) is 65.6 Å². The Morgan fingerprint density at radius 1 is 0.875 bits per heavy atom. The summed E-state index contributed by atoms with van der Waals surface area (Å²) in [6.07, 6.45) is 1.17. The number of rotatable bonds is 7. The first-order valence-electron chi connectivity index (χ1n) is 10.6. The number of nitrogens with zero attached hydrogens (tertiary/aromatic N) is 2. The van der Waals surface area contributed by atoms with Crippen LogP contribution in [-0.4, -0.2) is 67.5 Å². The van der Waals surface area contributed by atoms with E-state index in [0.717, 1.165) is 6.42 Å². The number of carbonyl (C=O) groups is 3. The molecule has 1 aliphatic heterocycles. The van der Waals surface area contributed by atoms with E-state index in [-0.39, 0.29) is 29.5 Å². The Kier molecular flexibility index (Phi) is 7.63. The van der Waals surface area contributed by atoms with Gasteiger partial charge in [0.05, 0.1) is 4.90 Å². The van der Waals surface area contributed by atoms with Crippen molar-refractivity contribution in [3.05, 3.63) is 66.2 Å². The van der Waals surface area contributed by atoms with E-state index in [1.165, 1.54) is 17.0 Å². The van der Waals surface area contributed by atoms with E-state index in [0.29, 0.717) is 19.5 Å². The molecular weight excluding hydrogens is 430 g/mol. The predicted octanol–water partition coefficient (Wildman–Crippen LogP) is 1.69. The van der Waals surface area contributed by atoms with Gasteiger partial charge in [-0.3, -0.25) is 14.4 Å². The molecule has 2 aromatic rings. The monoisotopic (exact) mass is 457 g/mol. The number of carbonyl (C=O) groups excluding carboxylic acids is 3. The van der Waals surface area contributed by atoms with Crippen molar-refractivity contribution < 1.29 is 22.8 Å². The van der Waals surface area contributed by atoms with Crippen molar-refractivity contribution in [3.8, 4) is 0 Å². The molecule has 3 rings (SSSR count). The van der Waals surface area contributed by atoms with Gasteiger partial charge < -0.3 is 15.1 Å². The van der Waals surface area contributed by atoms with Crippen LogP contribution in [0.1, 0.15) is 30.1 Å². The summed E-state index contributed by atoms with van der Waals surface area (Å²) in [7, 11) is -4.19. The largest absolute Gasteiger partial charge is 0.339 e. The van der Waals surface area contributed by atoms with Crippen LogP contribution in [0.2, 0.25) is 0 Å². The molecule has 0 saturated carbocycles. The highest BCUT2D eigenvalue weighted by molar-refractivity contribution is 7.92. The lowest BCUT2D eigenvalue weighted by Gasteiger charge is -2.36. The second-order valence-electron chi connectivity index (χ2n) is 7.53. The van der Waals surface area contributed by atoms with Gasteiger partial charge >= 0.3 is 0 Å². The average molecular weight is 458 g/mol. The highest BCUT2D eigenvalue weighted by atomic mass is 32.2. The molecule has 1 atom stereocenters. The maximum absolute atomic E-state index is 13.3. The van der Waals surface area contributed by atoms with Gasteiger partial charge in [0.15, 0.2) is 0 Å². The first-order valence-corrected chi connectivity index (χ1v) is 12.1. The van der Waals surface area contributed by atoms with Crippen LogP contribution in [0, 0.1) is 0 Å². The lowest BCUT2D eigenvalue weighted by molar-refractivity contribution is -0.139. The summed E-state index contributed by atoms with van der Waals surface area (Å²) in [6, 6.07) is 15.7. The van der Waals surface area contributed by atoms with E-state index in [1.54, 1.807) is 53.4 Å². The Labute approximate surface area is 188 Å². The molecule has 1 fully saturated rings. The molecule has 32 heavy (non-hydrogen) atoms. The van der Waals surface area contributed by atoms with Crippen LogP contribution in [0.5, 0.6) is 0 Å². The molecule has 1 saturated heterocycles. The van der Waals surface area contributed by atoms with Gasteiger partial charge in [0.2, 0.25) is 21.1 Å². The minimum absolute atomic E-state index is 0.0189. The Bertz CT molecular complexity index is 1050. The SMILES string of the molecule is CCCC(=O)N1CCN(C(=O)[C@@H](NC(=O)c2ccccc2)S(=O)(=O)c2ccccc2)CC1. The normalized spacial score (nSPS) is 15.2. The van der Waals surface area contributed by atoms with Gasteiger partial charge in [-0.15, -0.1) is 0 Å². The second-order valence-corrected chi connectivity index (χ2v) is 9.57. The van der Waals surface area contributed by atoms with Gasteiger partial charge in [-0.1, -0.05) is 43.3 Å². The third kappa shape index (κ3) is 5.34. The van der Waals surface area contributed by atoms with Crippen LogP contribution in [-0.2, 0) is 19.4 Å². The van der Waals surface area contributed by atoms with Gasteiger partial charge in [0.25, 0.3) is 11.8 Å². The summed E-state index contributed by atoms with van der Waals surface area (Å²) in [5, 5.41) is 0.657. The van der Waals surface area contributed by atoms with Gasteiger partial charge in [0.1, 0.15) is 0 Å². The second kappa shape index (κ2) is 10.4. The summed E-state index contributed by atoms with van der Waals surface area (Å²) >= 11 is 0. The first-order chi connectivity index (χ1) is 15.3. The molecule has 0 aliphatic carbocycles. The lowest BCUT2D eigenvalue weighted by atomic mass is 10.2. The smallest absolute Gasteiger partial charge is 0.261 e. The summed E-state index contributed by atoms with van der Waals surface area (Å²) in [5.41, 5.74) is 0.253. The van der Waals surface area contributed by atoms with Crippen LogP contribution in [0.4, 0.5) is 0 Å². The summed E-state index contributed by atoms with van der Waals surface area (Å²) in [5.74, 6) is -1.34. The van der Waals surface area contributed by atoms with Crippen LogP contribution in [0.3, 0.4) is 0 Å². The van der Waals surface area contributed by atoms with Crippen LogP contribution < -0.4 is 5.32 Å². The van der Waals surface area contributed by atoms with E-state index >= 15 is 0 Å². The molecule has 0 spiro atoms. The third-order valence-corrected chi connectivity index (χ3v) is 7.18. The molecule has 0 radical (unpaired) electrons. The number of benzene rings is 2. The number of hydrogen-bond donors (Lipinski definition) is 1. The zero-order chi connectivity index (χ0) is 23.1. The maximum Gasteiger partial charge on any atom is 0.261 e. The molecule has 0 unspecified atom stereocenters. The van der Waals surface area contributed by atoms with Gasteiger partial charge in [-0.05, 0) is 30.7 Å². The molecule has 170 valence electrons. The summed E-state index contributed by atoms with van der Waals surface area (Å²) < 4.78 is 26.6. The Hall–Kier alpha value is -3.20. The number of amides is 3. The molecule has 9 heteroatoms. The van der Waals surface area contributed by atoms with Crippen molar-refractivity contribution in [1.29, 1.82) is 0 Å². The summed E-state index contributed by atoms with van der Waals surface area (Å²) in [4.78, 5) is 41.2. The van der Waals surface area contributed by atoms with Crippen LogP contribution in [0.25, 0.3) is 0 Å². The number of hydrogen-bond acceptors (Lipinski definition) is 5. The lowest BCUT2D eigenvalue weighted by Crippen LogP contribution is -2.57. The van der Waals surface area contributed by atoms with Gasteiger partial charge in [-0.2, -0.15) is 0 Å². The quantitative estimate of drug-likeness (QED) is 0.681. The summed E-state index contributed by atoms with van der Waals surface area (Å²) in [6.45, 7) is 2.99. The van der Waals surface area contributed by atoms with Crippen molar-refractivity contribution in [2.75, 3.05) is 26.2 Å². The fourth-order valence-electron chi connectivity index (χ4n) is 3.52. The van der Waals surface area contributed by atoms with Crippen molar-refractivity contribution in [3.63, 3.8) is 0 Å². The number of nitrogens with one attached hydrogen (secondary N) is 1. The van der Waals surface area contributed by atoms with Crippen LogP contribution >= 0.6 is 0 Å². The average Bonchev–Trinajstić information content (AvgIpc) is 2.83. The first kappa shape index (κ1) is 23.5. The highest BCUT2D eigenvalue weighted by Gasteiger charge is 2.39. The van der Waals surface area contributed by atoms with E-state index in [1.807, 2.05) is 6.92 Å². The molecule has 1 N–H and O–H groups in total. The van der Waals surface area contributed by atoms with E-state index in [2.05, 4.69) is 5.32 Å². The maximum atomic E-state index is 13.3. The number of sulfone groups is 1. The fraction of sp³-hybridized carbons (Fsp3) is 0.348. The molecular formula is C23H27N3O5S. The minimum atomic E-state index is -4.19. The van der Waals surface area contributed by atoms with Crippen molar-refractivity contribution >= 4 is 27.6 Å². The number of piperazine rings is 1. The minimum Gasteiger partial charge on any atom is -0.339 e. The highest BCUT2D eigenvalue weighted by Crippen LogP contribution is 2.18. The zero-order valence-corrected chi connectivity index (χ0v) is 18.8. The molecule has 1 heterocycles. The third-order valence-electron chi connectivity index (χ3n) is 5.31. The van der Waals surface area contributed by atoms with Crippen molar-refractivity contribution in [2.24, 2.45) is 0 Å². The predicted molar refractivity (Wildman–Crippen MR) is 119 cm³/mol. The van der Waals surface area contributed by atoms with E-state index in [4.69, 9.17) is 0 Å². The van der Waals surface area contributed by atoms with E-state index < -0.39 is 27.0 Å². The molecule has 0 bridgehead atoms. The zero-order valence-electron chi connectivity index (χ0n) is 17.9. The van der Waals surface area contributed by atoms with Gasteiger partial charge in [-0.25, -0.2) is 8.42 Å². The Morgan fingerprint density at radius 3 is 1.97 bits per heavy atom. The Balaban J connectivity index is 1.83. The van der Waals surface area contributed by atoms with Crippen molar-refractivity contribution in [1.82, 2.24) is 15.1 Å². The fourth-order valence-corrected chi connectivity index (χ4v) is 5.01. The van der Waals surface area contributed by atoms with Gasteiger partial charge in [0, 0.05) is 38.2 Å². The van der Waals surface area contributed by atoms with Crippen molar-refractivity contribution in [2.45, 2.75) is 30.0 Å². The molecule has 2 aromatic carbocycles. The van der Waals surface area contributed by atoms with E-state index in [9.17, 15) is 22.8 Å². The standard InChI is InChI=1S/C23H27N3O5S/c1-2-9-20(27)25-14-16-26(17-15-25)23(29)22(24-21(28)18-10-5-3-6-11-18)32(30,31)19-12-7-4-8-13-19/h3-8,10-13,22H,2,9,14-17H2,1H3,(H,24,28)/t22-/m0/s1. The molecule has 3 amide bonds.